The molecular formula is C30H30Cl3N7O3. The smallest absolute Gasteiger partial charge is 0.163 e. The van der Waals surface area contributed by atoms with Crippen LogP contribution < -0.4 is 31.0 Å². The number of nitriles is 1. The van der Waals surface area contributed by atoms with Crippen molar-refractivity contribution in [1.29, 1.82) is 5.26 Å². The molecule has 2 heterocycles. The van der Waals surface area contributed by atoms with Gasteiger partial charge in [0.05, 0.1) is 58.2 Å². The number of pyridine rings is 2. The zero-order valence-electron chi connectivity index (χ0n) is 23.3. The van der Waals surface area contributed by atoms with Crippen LogP contribution in [0.15, 0.2) is 53.7 Å². The lowest BCUT2D eigenvalue weighted by molar-refractivity contribution is 0.226. The van der Waals surface area contributed by atoms with Gasteiger partial charge in [-0.25, -0.2) is 4.98 Å². The van der Waals surface area contributed by atoms with Crippen molar-refractivity contribution in [2.45, 2.75) is 19.4 Å². The van der Waals surface area contributed by atoms with Gasteiger partial charge in [0.15, 0.2) is 11.5 Å². The molecule has 224 valence electrons. The number of halogens is 3. The van der Waals surface area contributed by atoms with Crippen LogP contribution in [0, 0.1) is 17.2 Å². The Morgan fingerprint density at radius 1 is 1.07 bits per heavy atom. The van der Waals surface area contributed by atoms with E-state index in [0.717, 1.165) is 12.8 Å². The first-order valence-electron chi connectivity index (χ1n) is 13.3. The molecule has 13 heteroatoms. The monoisotopic (exact) mass is 641 g/mol. The largest absolute Gasteiger partial charge is 0.493 e. The van der Waals surface area contributed by atoms with E-state index in [4.69, 9.17) is 60.5 Å². The van der Waals surface area contributed by atoms with E-state index in [-0.39, 0.29) is 12.5 Å². The molecule has 1 atom stereocenters. The van der Waals surface area contributed by atoms with Gasteiger partial charge in [0.2, 0.25) is 0 Å². The van der Waals surface area contributed by atoms with E-state index in [1.807, 2.05) is 0 Å². The molecule has 0 amide bonds. The van der Waals surface area contributed by atoms with Gasteiger partial charge < -0.3 is 31.0 Å². The van der Waals surface area contributed by atoms with Gasteiger partial charge in [-0.2, -0.15) is 5.26 Å². The molecule has 2 aromatic heterocycles. The lowest BCUT2D eigenvalue weighted by Crippen LogP contribution is -2.18. The molecule has 2 aromatic carbocycles. The number of fused-ring (bicyclic) bond motifs is 1. The van der Waals surface area contributed by atoms with E-state index in [1.165, 1.54) is 12.5 Å². The molecule has 5 N–H and O–H groups in total. The average Bonchev–Trinajstić information content (AvgIpc) is 3.00. The first-order chi connectivity index (χ1) is 20.9. The molecule has 4 rings (SSSR count). The van der Waals surface area contributed by atoms with Crippen molar-refractivity contribution < 1.29 is 14.2 Å². The van der Waals surface area contributed by atoms with E-state index in [9.17, 15) is 5.26 Å². The number of methoxy groups -OCH3 is 1. The molecule has 0 aliphatic rings. The second-order valence-electron chi connectivity index (χ2n) is 9.41. The molecule has 1 unspecified atom stereocenters. The molecule has 0 aliphatic carbocycles. The maximum atomic E-state index is 9.88. The first kappa shape index (κ1) is 31.9. The number of hydrogen-bond donors (Lipinski definition) is 3. The molecule has 0 aliphatic heterocycles. The van der Waals surface area contributed by atoms with E-state index in [0.29, 0.717) is 85.7 Å². The lowest BCUT2D eigenvalue weighted by Gasteiger charge is -2.19. The summed E-state index contributed by atoms with van der Waals surface area (Å²) in [6, 6.07) is 14.2. The number of nitrogens with zero attached hydrogens (tertiary/aromatic N) is 4. The maximum absolute atomic E-state index is 9.88. The topological polar surface area (TPSA) is 154 Å². The fourth-order valence-corrected chi connectivity index (χ4v) is 4.93. The lowest BCUT2D eigenvalue weighted by atomic mass is 10.0. The molecule has 0 fully saturated rings. The minimum Gasteiger partial charge on any atom is -0.493 e. The third-order valence-electron chi connectivity index (χ3n) is 6.52. The summed E-state index contributed by atoms with van der Waals surface area (Å²) in [7, 11) is 1.55. The minimum atomic E-state index is 0.149. The van der Waals surface area contributed by atoms with Crippen molar-refractivity contribution in [2.24, 2.45) is 22.4 Å². The van der Waals surface area contributed by atoms with Crippen LogP contribution in [0.1, 0.15) is 24.1 Å². The van der Waals surface area contributed by atoms with E-state index in [1.54, 1.807) is 49.6 Å². The standard InChI is InChI=1S/C30H30Cl3N7O3/c1-41-27-9-21-24(12-28(27)42-15-18(5-7-34)6-8-37-17-36)38-14-19(13-35)30(21)40-25-10-23(32)26(11-22(25)31)43-16-20-3-2-4-29(33)39-20/h2-4,9-12,14,17-18H,5-8,15-16,34H2,1H3,(H2,36,37)(H,38,40). The van der Waals surface area contributed by atoms with Gasteiger partial charge >= 0.3 is 0 Å². The van der Waals surface area contributed by atoms with Gasteiger partial charge in [0.1, 0.15) is 23.6 Å². The van der Waals surface area contributed by atoms with Gasteiger partial charge in [-0.15, -0.1) is 0 Å². The van der Waals surface area contributed by atoms with Gasteiger partial charge in [0.25, 0.3) is 0 Å². The Morgan fingerprint density at radius 2 is 1.91 bits per heavy atom. The second kappa shape index (κ2) is 15.5. The molecular weight excluding hydrogens is 613 g/mol. The van der Waals surface area contributed by atoms with Crippen molar-refractivity contribution in [3.05, 3.63) is 75.1 Å². The number of hydrogen-bond acceptors (Lipinski definition) is 9. The fraction of sp³-hybridized carbons (Fsp3) is 0.267. The molecule has 0 saturated heterocycles. The normalized spacial score (nSPS) is 11.8. The Bertz CT molecular complexity index is 1650. The third-order valence-corrected chi connectivity index (χ3v) is 7.34. The third kappa shape index (κ3) is 8.30. The zero-order valence-corrected chi connectivity index (χ0v) is 25.6. The van der Waals surface area contributed by atoms with Gasteiger partial charge in [-0.1, -0.05) is 40.9 Å². The van der Waals surface area contributed by atoms with E-state index >= 15 is 0 Å². The maximum Gasteiger partial charge on any atom is 0.163 e. The first-order valence-corrected chi connectivity index (χ1v) is 14.4. The van der Waals surface area contributed by atoms with E-state index < -0.39 is 0 Å². The highest BCUT2D eigenvalue weighted by Gasteiger charge is 2.18. The number of anilines is 2. The molecule has 4 aromatic rings. The van der Waals surface area contributed by atoms with Crippen LogP contribution in [0.5, 0.6) is 17.2 Å². The zero-order chi connectivity index (χ0) is 30.8. The summed E-state index contributed by atoms with van der Waals surface area (Å²) < 4.78 is 17.6. The van der Waals surface area contributed by atoms with Crippen LogP contribution in [0.25, 0.3) is 10.9 Å². The number of nitrogens with two attached hydrogens (primary N) is 2. The van der Waals surface area contributed by atoms with E-state index in [2.05, 4.69) is 26.3 Å². The van der Waals surface area contributed by atoms with Crippen molar-refractivity contribution >= 4 is 63.4 Å². The van der Waals surface area contributed by atoms with Crippen LogP contribution >= 0.6 is 34.8 Å². The number of rotatable bonds is 14. The van der Waals surface area contributed by atoms with Crippen LogP contribution in [0.3, 0.4) is 0 Å². The molecule has 10 nitrogen and oxygen atoms in total. The van der Waals surface area contributed by atoms with Gasteiger partial charge in [0, 0.05) is 30.3 Å². The summed E-state index contributed by atoms with van der Waals surface area (Å²) in [4.78, 5) is 12.8. The number of nitrogens with one attached hydrogen (secondary N) is 1. The van der Waals surface area contributed by atoms with Crippen molar-refractivity contribution in [3.63, 3.8) is 0 Å². The predicted molar refractivity (Wildman–Crippen MR) is 171 cm³/mol. The quantitative estimate of drug-likeness (QED) is 0.0793. The molecule has 0 bridgehead atoms. The van der Waals surface area contributed by atoms with Gasteiger partial charge in [-0.05, 0) is 49.6 Å². The van der Waals surface area contributed by atoms with Crippen LogP contribution in [-0.4, -0.2) is 43.1 Å². The van der Waals surface area contributed by atoms with Gasteiger partial charge in [-0.3, -0.25) is 9.98 Å². The Balaban J connectivity index is 1.60. The van der Waals surface area contributed by atoms with Crippen LogP contribution in [-0.2, 0) is 6.61 Å². The molecule has 0 saturated carbocycles. The number of aliphatic imine (C=N–C) groups is 1. The fourth-order valence-electron chi connectivity index (χ4n) is 4.33. The highest BCUT2D eigenvalue weighted by atomic mass is 35.5. The van der Waals surface area contributed by atoms with Crippen molar-refractivity contribution in [1.82, 2.24) is 9.97 Å². The summed E-state index contributed by atoms with van der Waals surface area (Å²) in [6.07, 6.45) is 4.33. The highest BCUT2D eigenvalue weighted by molar-refractivity contribution is 6.36. The summed E-state index contributed by atoms with van der Waals surface area (Å²) in [5.74, 6) is 1.53. The average molecular weight is 643 g/mol. The molecule has 0 radical (unpaired) electrons. The summed E-state index contributed by atoms with van der Waals surface area (Å²) in [5.41, 5.74) is 13.6. The Labute approximate surface area is 264 Å². The summed E-state index contributed by atoms with van der Waals surface area (Å²) >= 11 is 19.1. The van der Waals surface area contributed by atoms with Crippen LogP contribution in [0.2, 0.25) is 15.2 Å². The Kier molecular flexibility index (Phi) is 11.5. The summed E-state index contributed by atoms with van der Waals surface area (Å²) in [6.45, 7) is 1.68. The van der Waals surface area contributed by atoms with Crippen molar-refractivity contribution in [2.75, 3.05) is 32.1 Å². The van der Waals surface area contributed by atoms with Crippen LogP contribution in [0.4, 0.5) is 11.4 Å². The second-order valence-corrected chi connectivity index (χ2v) is 10.6. The Hall–Kier alpha value is -4.01. The Morgan fingerprint density at radius 3 is 2.63 bits per heavy atom. The number of benzene rings is 2. The number of ether oxygens (including phenoxy) is 3. The predicted octanol–water partition coefficient (Wildman–Crippen LogP) is 6.51. The summed E-state index contributed by atoms with van der Waals surface area (Å²) in [5, 5.41) is 14.8. The SMILES string of the molecule is COc1cc2c(Nc3cc(Cl)c(OCc4cccc(Cl)n4)cc3Cl)c(C#N)cnc2cc1OCC(CCN)CCN=CN. The van der Waals surface area contributed by atoms with Crippen molar-refractivity contribution in [3.8, 4) is 23.3 Å². The highest BCUT2D eigenvalue weighted by Crippen LogP contribution is 2.40. The number of aromatic nitrogens is 2. The molecule has 0 spiro atoms. The minimum absolute atomic E-state index is 0.149. The molecule has 43 heavy (non-hydrogen) atoms.